The number of carbonyl (C=O) groups excluding carboxylic acids is 1. The number of amides is 1. The maximum Gasteiger partial charge on any atom is 0.410 e. The maximum absolute atomic E-state index is 12.3. The van der Waals surface area contributed by atoms with Gasteiger partial charge < -0.3 is 20.1 Å². The standard InChI is InChI=1S/C16H30N2O4/c1-12(8-9-14(19)20)17-11-13-7-5-6-10-18(13)15(21)22-16(2,3)4/h12-13,17H,5-11H2,1-4H3,(H,19,20). The van der Waals surface area contributed by atoms with Crippen molar-refractivity contribution in [3.8, 4) is 0 Å². The lowest BCUT2D eigenvalue weighted by Crippen LogP contribution is -2.51. The van der Waals surface area contributed by atoms with Crippen molar-refractivity contribution in [3.63, 3.8) is 0 Å². The first-order valence-corrected chi connectivity index (χ1v) is 8.14. The average molecular weight is 314 g/mol. The van der Waals surface area contributed by atoms with Gasteiger partial charge in [0.1, 0.15) is 5.60 Å². The molecule has 0 spiro atoms. The number of hydrogen-bond acceptors (Lipinski definition) is 4. The Hall–Kier alpha value is -1.30. The summed E-state index contributed by atoms with van der Waals surface area (Å²) in [5.41, 5.74) is -0.485. The van der Waals surface area contributed by atoms with Gasteiger partial charge in [0.15, 0.2) is 0 Å². The Labute approximate surface area is 133 Å². The Kier molecular flexibility index (Phi) is 7.13. The number of nitrogens with zero attached hydrogens (tertiary/aromatic N) is 1. The zero-order valence-electron chi connectivity index (χ0n) is 14.2. The van der Waals surface area contributed by atoms with Crippen LogP contribution in [0.4, 0.5) is 4.79 Å². The van der Waals surface area contributed by atoms with Crippen LogP contribution in [0.1, 0.15) is 59.8 Å². The van der Waals surface area contributed by atoms with Crippen LogP contribution >= 0.6 is 0 Å². The van der Waals surface area contributed by atoms with E-state index in [0.29, 0.717) is 13.0 Å². The molecule has 0 saturated carbocycles. The lowest BCUT2D eigenvalue weighted by molar-refractivity contribution is -0.137. The first-order chi connectivity index (χ1) is 10.2. The quantitative estimate of drug-likeness (QED) is 0.788. The van der Waals surface area contributed by atoms with E-state index in [1.807, 2.05) is 32.6 Å². The van der Waals surface area contributed by atoms with Crippen LogP contribution in [0.15, 0.2) is 0 Å². The van der Waals surface area contributed by atoms with Gasteiger partial charge in [0.25, 0.3) is 0 Å². The summed E-state index contributed by atoms with van der Waals surface area (Å²) in [5, 5.41) is 12.0. The van der Waals surface area contributed by atoms with Crippen LogP contribution in [0.5, 0.6) is 0 Å². The number of ether oxygens (including phenoxy) is 1. The van der Waals surface area contributed by atoms with Crippen LogP contribution in [-0.2, 0) is 9.53 Å². The third-order valence-electron chi connectivity index (χ3n) is 3.75. The van der Waals surface area contributed by atoms with Crippen LogP contribution < -0.4 is 5.32 Å². The fraction of sp³-hybridized carbons (Fsp3) is 0.875. The lowest BCUT2D eigenvalue weighted by atomic mass is 10.0. The first kappa shape index (κ1) is 18.7. The van der Waals surface area contributed by atoms with Gasteiger partial charge in [0.2, 0.25) is 0 Å². The molecule has 0 radical (unpaired) electrons. The number of nitrogens with one attached hydrogen (secondary N) is 1. The highest BCUT2D eigenvalue weighted by Crippen LogP contribution is 2.20. The molecule has 0 aromatic carbocycles. The number of likely N-dealkylation sites (tertiary alicyclic amines) is 1. The Bertz CT molecular complexity index is 379. The second-order valence-electron chi connectivity index (χ2n) is 7.07. The molecule has 1 heterocycles. The minimum atomic E-state index is -0.776. The molecule has 128 valence electrons. The van der Waals surface area contributed by atoms with E-state index in [-0.39, 0.29) is 24.6 Å². The third-order valence-corrected chi connectivity index (χ3v) is 3.75. The second-order valence-corrected chi connectivity index (χ2v) is 7.07. The van der Waals surface area contributed by atoms with Gasteiger partial charge in [0, 0.05) is 31.6 Å². The van der Waals surface area contributed by atoms with Crippen LogP contribution in [-0.4, -0.2) is 52.8 Å². The topological polar surface area (TPSA) is 78.9 Å². The van der Waals surface area contributed by atoms with Gasteiger partial charge in [-0.2, -0.15) is 0 Å². The summed E-state index contributed by atoms with van der Waals surface area (Å²) in [7, 11) is 0. The van der Waals surface area contributed by atoms with Gasteiger partial charge >= 0.3 is 12.1 Å². The van der Waals surface area contributed by atoms with Gasteiger partial charge in [-0.05, 0) is 53.4 Å². The van der Waals surface area contributed by atoms with Crippen LogP contribution in [0.3, 0.4) is 0 Å². The highest BCUT2D eigenvalue weighted by Gasteiger charge is 2.30. The summed E-state index contributed by atoms with van der Waals surface area (Å²) in [4.78, 5) is 24.7. The molecular formula is C16H30N2O4. The van der Waals surface area contributed by atoms with E-state index in [4.69, 9.17) is 9.84 Å². The van der Waals surface area contributed by atoms with Gasteiger partial charge in [-0.15, -0.1) is 0 Å². The number of aliphatic carboxylic acids is 1. The Morgan fingerprint density at radius 3 is 2.64 bits per heavy atom. The third kappa shape index (κ3) is 7.11. The summed E-state index contributed by atoms with van der Waals surface area (Å²) in [6.45, 7) is 9.00. The SMILES string of the molecule is CC(CCC(=O)O)NCC1CCCCN1C(=O)OC(C)(C)C. The number of rotatable bonds is 6. The van der Waals surface area contributed by atoms with Gasteiger partial charge in [0.05, 0.1) is 0 Å². The van der Waals surface area contributed by atoms with Crippen molar-refractivity contribution in [2.24, 2.45) is 0 Å². The molecule has 1 amide bonds. The summed E-state index contributed by atoms with van der Waals surface area (Å²) in [6, 6.07) is 0.245. The van der Waals surface area contributed by atoms with Gasteiger partial charge in [-0.25, -0.2) is 4.79 Å². The molecule has 1 fully saturated rings. The molecule has 1 rings (SSSR count). The van der Waals surface area contributed by atoms with E-state index in [1.54, 1.807) is 0 Å². The van der Waals surface area contributed by atoms with Crippen LogP contribution in [0, 0.1) is 0 Å². The van der Waals surface area contributed by atoms with Crippen molar-refractivity contribution in [2.75, 3.05) is 13.1 Å². The monoisotopic (exact) mass is 314 g/mol. The van der Waals surface area contributed by atoms with Crippen molar-refractivity contribution >= 4 is 12.1 Å². The molecule has 2 atom stereocenters. The average Bonchev–Trinajstić information content (AvgIpc) is 2.41. The van der Waals surface area contributed by atoms with Crippen LogP contribution in [0.25, 0.3) is 0 Å². The summed E-state index contributed by atoms with van der Waals surface area (Å²) < 4.78 is 5.47. The highest BCUT2D eigenvalue weighted by molar-refractivity contribution is 5.68. The number of hydrogen-bond donors (Lipinski definition) is 2. The van der Waals surface area contributed by atoms with E-state index in [0.717, 1.165) is 25.8 Å². The zero-order chi connectivity index (χ0) is 16.8. The van der Waals surface area contributed by atoms with Crippen molar-refractivity contribution in [3.05, 3.63) is 0 Å². The predicted octanol–water partition coefficient (Wildman–Crippen LogP) is 2.62. The highest BCUT2D eigenvalue weighted by atomic mass is 16.6. The first-order valence-electron chi connectivity index (χ1n) is 8.14. The van der Waals surface area contributed by atoms with Crippen LogP contribution in [0.2, 0.25) is 0 Å². The molecule has 1 saturated heterocycles. The Morgan fingerprint density at radius 2 is 2.05 bits per heavy atom. The fourth-order valence-corrected chi connectivity index (χ4v) is 2.55. The Morgan fingerprint density at radius 1 is 1.36 bits per heavy atom. The molecule has 1 aliphatic heterocycles. The molecule has 6 nitrogen and oxygen atoms in total. The van der Waals surface area contributed by atoms with E-state index in [9.17, 15) is 9.59 Å². The Balaban J connectivity index is 2.47. The summed E-state index contributed by atoms with van der Waals surface area (Å²) in [5.74, 6) is -0.776. The second kappa shape index (κ2) is 8.36. The minimum Gasteiger partial charge on any atom is -0.481 e. The molecule has 6 heteroatoms. The largest absolute Gasteiger partial charge is 0.481 e. The number of carbonyl (C=O) groups is 2. The molecular weight excluding hydrogens is 284 g/mol. The van der Waals surface area contributed by atoms with Crippen molar-refractivity contribution in [1.29, 1.82) is 0 Å². The molecule has 22 heavy (non-hydrogen) atoms. The summed E-state index contributed by atoms with van der Waals surface area (Å²) >= 11 is 0. The normalized spacial score (nSPS) is 20.5. The van der Waals surface area contributed by atoms with Crippen molar-refractivity contribution in [2.45, 2.75) is 77.5 Å². The maximum atomic E-state index is 12.3. The number of carboxylic acid groups (broad SMARTS) is 1. The van der Waals surface area contributed by atoms with E-state index >= 15 is 0 Å². The lowest BCUT2D eigenvalue weighted by Gasteiger charge is -2.37. The minimum absolute atomic E-state index is 0.121. The molecule has 1 aliphatic rings. The smallest absolute Gasteiger partial charge is 0.410 e. The number of carboxylic acids is 1. The number of piperidine rings is 1. The molecule has 2 unspecified atom stereocenters. The molecule has 0 bridgehead atoms. The molecule has 2 N–H and O–H groups in total. The molecule has 0 aromatic heterocycles. The summed E-state index contributed by atoms with van der Waals surface area (Å²) in [6.07, 6.45) is 3.57. The predicted molar refractivity (Wildman–Crippen MR) is 84.9 cm³/mol. The fourth-order valence-electron chi connectivity index (χ4n) is 2.55. The molecule has 0 aromatic rings. The van der Waals surface area contributed by atoms with Gasteiger partial charge in [-0.1, -0.05) is 0 Å². The van der Waals surface area contributed by atoms with Crippen molar-refractivity contribution in [1.82, 2.24) is 10.2 Å². The molecule has 0 aliphatic carbocycles. The van der Waals surface area contributed by atoms with E-state index in [1.165, 1.54) is 0 Å². The van der Waals surface area contributed by atoms with E-state index in [2.05, 4.69) is 5.32 Å². The zero-order valence-corrected chi connectivity index (χ0v) is 14.2. The van der Waals surface area contributed by atoms with Gasteiger partial charge in [-0.3, -0.25) is 4.79 Å². The van der Waals surface area contributed by atoms with Crippen molar-refractivity contribution < 1.29 is 19.4 Å². The van der Waals surface area contributed by atoms with E-state index < -0.39 is 11.6 Å².